The van der Waals surface area contributed by atoms with E-state index in [4.69, 9.17) is 9.84 Å². The van der Waals surface area contributed by atoms with E-state index in [1.54, 1.807) is 11.4 Å². The number of halogens is 3. The molecule has 1 heterocycles. The lowest BCUT2D eigenvalue weighted by molar-refractivity contribution is -0.217. The smallest absolute Gasteiger partial charge is 0.384 e. The number of hydrogen-bond acceptors (Lipinski definition) is 3. The minimum absolute atomic E-state index is 0.0911. The van der Waals surface area contributed by atoms with Crippen molar-refractivity contribution in [1.82, 2.24) is 0 Å². The zero-order valence-corrected chi connectivity index (χ0v) is 9.86. The third kappa shape index (κ3) is 4.77. The van der Waals surface area contributed by atoms with Gasteiger partial charge in [0.2, 0.25) is 0 Å². The first-order valence-electron chi connectivity index (χ1n) is 4.79. The number of ether oxygens (including phenoxy) is 1. The van der Waals surface area contributed by atoms with Crippen molar-refractivity contribution >= 4 is 11.3 Å². The molecule has 0 saturated carbocycles. The van der Waals surface area contributed by atoms with Crippen LogP contribution in [0.1, 0.15) is 17.4 Å². The first-order valence-corrected chi connectivity index (χ1v) is 5.67. The number of alkyl halides is 3. The molecule has 1 atom stereocenters. The van der Waals surface area contributed by atoms with E-state index in [9.17, 15) is 13.2 Å². The van der Waals surface area contributed by atoms with Gasteiger partial charge >= 0.3 is 6.18 Å². The zero-order valence-electron chi connectivity index (χ0n) is 9.04. The van der Waals surface area contributed by atoms with Crippen LogP contribution in [0.2, 0.25) is 0 Å². The Morgan fingerprint density at radius 2 is 2.24 bits per heavy atom. The lowest BCUT2D eigenvalue weighted by Crippen LogP contribution is -2.28. The van der Waals surface area contributed by atoms with Gasteiger partial charge in [0.05, 0.1) is 6.61 Å². The molecule has 0 saturated heterocycles. The molecule has 0 radical (unpaired) electrons. The molecular formula is C11H11F3O2S. The Bertz CT molecular complexity index is 414. The molecule has 6 heteroatoms. The van der Waals surface area contributed by atoms with E-state index < -0.39 is 12.3 Å². The molecule has 0 aliphatic heterocycles. The molecule has 1 N–H and O–H groups in total. The molecule has 0 spiro atoms. The quantitative estimate of drug-likeness (QED) is 0.850. The van der Waals surface area contributed by atoms with Crippen LogP contribution in [0.5, 0.6) is 0 Å². The fourth-order valence-electron chi connectivity index (χ4n) is 0.965. The topological polar surface area (TPSA) is 29.5 Å². The average molecular weight is 264 g/mol. The van der Waals surface area contributed by atoms with Gasteiger partial charge < -0.3 is 9.84 Å². The molecule has 94 valence electrons. The van der Waals surface area contributed by atoms with Crippen molar-refractivity contribution in [2.45, 2.75) is 25.8 Å². The Morgan fingerprint density at radius 1 is 1.53 bits per heavy atom. The summed E-state index contributed by atoms with van der Waals surface area (Å²) in [5, 5.41) is 10.2. The number of rotatable bonds is 3. The van der Waals surface area contributed by atoms with Gasteiger partial charge in [-0.1, -0.05) is 11.8 Å². The number of hydrogen-bond donors (Lipinski definition) is 1. The summed E-state index contributed by atoms with van der Waals surface area (Å²) in [6, 6.07) is 1.65. The number of aliphatic hydroxyl groups excluding tert-OH is 1. The van der Waals surface area contributed by atoms with Crippen LogP contribution in [-0.2, 0) is 11.3 Å². The molecule has 0 fully saturated rings. The Kier molecular flexibility index (Phi) is 5.00. The van der Waals surface area contributed by atoms with E-state index in [0.29, 0.717) is 10.4 Å². The van der Waals surface area contributed by atoms with Crippen molar-refractivity contribution in [2.24, 2.45) is 0 Å². The van der Waals surface area contributed by atoms with Crippen molar-refractivity contribution in [3.8, 4) is 11.8 Å². The minimum atomic E-state index is -4.34. The molecule has 0 aliphatic carbocycles. The van der Waals surface area contributed by atoms with E-state index in [0.717, 1.165) is 6.92 Å². The van der Waals surface area contributed by atoms with Gasteiger partial charge in [-0.2, -0.15) is 13.2 Å². The molecule has 1 unspecified atom stereocenters. The molecule has 1 aromatic rings. The first-order chi connectivity index (χ1) is 7.93. The van der Waals surface area contributed by atoms with Crippen LogP contribution in [0, 0.1) is 11.8 Å². The molecule has 17 heavy (non-hydrogen) atoms. The second kappa shape index (κ2) is 6.05. The van der Waals surface area contributed by atoms with Crippen LogP contribution in [0.4, 0.5) is 13.2 Å². The molecule has 0 aliphatic rings. The summed E-state index contributed by atoms with van der Waals surface area (Å²) in [6.07, 6.45) is -6.12. The Morgan fingerprint density at radius 3 is 2.82 bits per heavy atom. The van der Waals surface area contributed by atoms with E-state index in [-0.39, 0.29) is 13.2 Å². The SMILES string of the molecule is CC(OCc1cc(C#CCO)cs1)C(F)(F)F. The van der Waals surface area contributed by atoms with E-state index in [2.05, 4.69) is 11.8 Å². The predicted octanol–water partition coefficient (Wildman–Crippen LogP) is 2.56. The van der Waals surface area contributed by atoms with Crippen molar-refractivity contribution < 1.29 is 23.0 Å². The van der Waals surface area contributed by atoms with E-state index >= 15 is 0 Å². The third-order valence-corrected chi connectivity index (χ3v) is 2.81. The second-order valence-electron chi connectivity index (χ2n) is 3.26. The molecule has 1 rings (SSSR count). The van der Waals surface area contributed by atoms with Gasteiger partial charge in [-0.25, -0.2) is 0 Å². The highest BCUT2D eigenvalue weighted by atomic mass is 32.1. The summed E-state index contributed by atoms with van der Waals surface area (Å²) in [7, 11) is 0. The van der Waals surface area contributed by atoms with Gasteiger partial charge in [0.15, 0.2) is 6.10 Å². The van der Waals surface area contributed by atoms with Crippen LogP contribution < -0.4 is 0 Å². The second-order valence-corrected chi connectivity index (χ2v) is 4.25. The fraction of sp³-hybridized carbons (Fsp3) is 0.455. The van der Waals surface area contributed by atoms with Crippen molar-refractivity contribution in [3.05, 3.63) is 21.9 Å². The van der Waals surface area contributed by atoms with Crippen molar-refractivity contribution in [3.63, 3.8) is 0 Å². The van der Waals surface area contributed by atoms with E-state index in [1.165, 1.54) is 11.3 Å². The molecule has 2 nitrogen and oxygen atoms in total. The molecule has 0 aromatic carbocycles. The van der Waals surface area contributed by atoms with Crippen molar-refractivity contribution in [1.29, 1.82) is 0 Å². The normalized spacial score (nSPS) is 13.0. The Hall–Kier alpha value is -1.03. The van der Waals surface area contributed by atoms with Crippen LogP contribution in [0.15, 0.2) is 11.4 Å². The van der Waals surface area contributed by atoms with Crippen LogP contribution in [-0.4, -0.2) is 24.0 Å². The maximum absolute atomic E-state index is 12.2. The van der Waals surface area contributed by atoms with Gasteiger partial charge in [-0.3, -0.25) is 0 Å². The highest BCUT2D eigenvalue weighted by Gasteiger charge is 2.36. The minimum Gasteiger partial charge on any atom is -0.384 e. The van der Waals surface area contributed by atoms with Gasteiger partial charge in [-0.15, -0.1) is 11.3 Å². The average Bonchev–Trinajstić information content (AvgIpc) is 2.69. The molecule has 0 amide bonds. The highest BCUT2D eigenvalue weighted by molar-refractivity contribution is 7.10. The van der Waals surface area contributed by atoms with Crippen molar-refractivity contribution in [2.75, 3.05) is 6.61 Å². The summed E-state index contributed by atoms with van der Waals surface area (Å²) in [6.45, 7) is 0.638. The first kappa shape index (κ1) is 14.0. The maximum atomic E-state index is 12.2. The summed E-state index contributed by atoms with van der Waals surface area (Å²) >= 11 is 1.28. The zero-order chi connectivity index (χ0) is 12.9. The van der Waals surface area contributed by atoms with E-state index in [1.807, 2.05) is 0 Å². The summed E-state index contributed by atoms with van der Waals surface area (Å²) < 4.78 is 41.2. The standard InChI is InChI=1S/C11H11F3O2S/c1-8(11(12,13)14)16-6-10-5-9(7-17-10)3-2-4-15/h5,7-8,15H,4,6H2,1H3. The van der Waals surface area contributed by atoms with Gasteiger partial charge in [0.1, 0.15) is 6.61 Å². The molecule has 1 aromatic heterocycles. The maximum Gasteiger partial charge on any atom is 0.414 e. The largest absolute Gasteiger partial charge is 0.414 e. The Balaban J connectivity index is 2.50. The highest BCUT2D eigenvalue weighted by Crippen LogP contribution is 2.24. The van der Waals surface area contributed by atoms with Crippen LogP contribution in [0.25, 0.3) is 0 Å². The van der Waals surface area contributed by atoms with Gasteiger partial charge in [0.25, 0.3) is 0 Å². The summed E-state index contributed by atoms with van der Waals surface area (Å²) in [4.78, 5) is 0.670. The molecular weight excluding hydrogens is 253 g/mol. The predicted molar refractivity (Wildman–Crippen MR) is 58.6 cm³/mol. The number of aliphatic hydroxyl groups is 1. The van der Waals surface area contributed by atoms with Crippen LogP contribution in [0.3, 0.4) is 0 Å². The monoisotopic (exact) mass is 264 g/mol. The Labute approximate surface area is 101 Å². The van der Waals surface area contributed by atoms with Gasteiger partial charge in [0, 0.05) is 15.8 Å². The summed E-state index contributed by atoms with van der Waals surface area (Å²) in [5.41, 5.74) is 0.669. The fourth-order valence-corrected chi connectivity index (χ4v) is 1.70. The van der Waals surface area contributed by atoms with Gasteiger partial charge in [-0.05, 0) is 13.0 Å². The third-order valence-electron chi connectivity index (χ3n) is 1.90. The summed E-state index contributed by atoms with van der Waals surface area (Å²) in [5.74, 6) is 5.12. The number of thiophene rings is 1. The lowest BCUT2D eigenvalue weighted by Gasteiger charge is -2.15. The van der Waals surface area contributed by atoms with Crippen LogP contribution >= 0.6 is 11.3 Å². The molecule has 0 bridgehead atoms. The lowest BCUT2D eigenvalue weighted by atomic mass is 10.3.